The van der Waals surface area contributed by atoms with E-state index in [1.165, 1.54) is 0 Å². The Hall–Kier alpha value is -1.26. The summed E-state index contributed by atoms with van der Waals surface area (Å²) in [5.41, 5.74) is 0.844. The van der Waals surface area contributed by atoms with Crippen molar-refractivity contribution in [1.82, 2.24) is 0 Å². The second-order valence-electron chi connectivity index (χ2n) is 5.69. The molecular weight excluding hydrogens is 290 g/mol. The summed E-state index contributed by atoms with van der Waals surface area (Å²) in [6.45, 7) is 9.38. The Morgan fingerprint density at radius 2 is 2.10 bits per heavy atom. The number of rotatable bonds is 5. The molecule has 1 aromatic rings. The molecule has 0 atom stereocenters. The SMILES string of the molecule is CCOCCCN1C(=O)C(C)(C)Oc2cc(Cl)c(C)cc21. The molecule has 0 saturated heterocycles. The van der Waals surface area contributed by atoms with E-state index in [2.05, 4.69) is 0 Å². The van der Waals surface area contributed by atoms with E-state index in [1.54, 1.807) is 24.8 Å². The summed E-state index contributed by atoms with van der Waals surface area (Å²) in [6, 6.07) is 3.70. The molecule has 21 heavy (non-hydrogen) atoms. The number of aryl methyl sites for hydroxylation is 1. The van der Waals surface area contributed by atoms with Crippen LogP contribution in [-0.2, 0) is 9.53 Å². The van der Waals surface area contributed by atoms with Crippen LogP contribution in [0.1, 0.15) is 32.8 Å². The number of anilines is 1. The third kappa shape index (κ3) is 3.33. The maximum Gasteiger partial charge on any atom is 0.270 e. The van der Waals surface area contributed by atoms with Gasteiger partial charge in [-0.2, -0.15) is 0 Å². The number of carbonyl (C=O) groups is 1. The number of nitrogens with zero attached hydrogens (tertiary/aromatic N) is 1. The number of carbonyl (C=O) groups excluding carboxylic acids is 1. The molecule has 0 spiro atoms. The third-order valence-electron chi connectivity index (χ3n) is 3.53. The Morgan fingerprint density at radius 3 is 2.76 bits per heavy atom. The maximum absolute atomic E-state index is 12.6. The van der Waals surface area contributed by atoms with Gasteiger partial charge in [-0.3, -0.25) is 4.79 Å². The molecule has 1 heterocycles. The van der Waals surface area contributed by atoms with Crippen LogP contribution in [0.3, 0.4) is 0 Å². The van der Waals surface area contributed by atoms with Gasteiger partial charge in [0.2, 0.25) is 0 Å². The Morgan fingerprint density at radius 1 is 1.38 bits per heavy atom. The molecule has 0 aliphatic carbocycles. The first-order valence-corrected chi connectivity index (χ1v) is 7.63. The molecule has 2 rings (SSSR count). The van der Waals surface area contributed by atoms with Crippen LogP contribution in [0.5, 0.6) is 5.75 Å². The van der Waals surface area contributed by atoms with Gasteiger partial charge in [-0.05, 0) is 45.7 Å². The van der Waals surface area contributed by atoms with E-state index in [1.807, 2.05) is 19.9 Å². The van der Waals surface area contributed by atoms with Crippen molar-refractivity contribution in [2.24, 2.45) is 0 Å². The van der Waals surface area contributed by atoms with Crippen LogP contribution < -0.4 is 9.64 Å². The molecule has 0 aromatic heterocycles. The maximum atomic E-state index is 12.6. The predicted octanol–water partition coefficient (Wildman–Crippen LogP) is 3.58. The minimum absolute atomic E-state index is 0.0341. The first kappa shape index (κ1) is 16.1. The van der Waals surface area contributed by atoms with Gasteiger partial charge < -0.3 is 14.4 Å². The highest BCUT2D eigenvalue weighted by molar-refractivity contribution is 6.31. The molecule has 0 N–H and O–H groups in total. The van der Waals surface area contributed by atoms with Gasteiger partial charge in [0.1, 0.15) is 5.75 Å². The highest BCUT2D eigenvalue weighted by atomic mass is 35.5. The van der Waals surface area contributed by atoms with Crippen LogP contribution in [0.25, 0.3) is 0 Å². The summed E-state index contributed by atoms with van der Waals surface area (Å²) in [5.74, 6) is 0.625. The lowest BCUT2D eigenvalue weighted by Gasteiger charge is -2.39. The molecule has 0 saturated carbocycles. The fraction of sp³-hybridized carbons (Fsp3) is 0.562. The molecule has 1 aliphatic heterocycles. The zero-order valence-corrected chi connectivity index (χ0v) is 13.8. The number of halogens is 1. The lowest BCUT2D eigenvalue weighted by molar-refractivity contribution is -0.132. The Balaban J connectivity index is 2.30. The van der Waals surface area contributed by atoms with Gasteiger partial charge in [0.05, 0.1) is 5.69 Å². The lowest BCUT2D eigenvalue weighted by Crippen LogP contribution is -2.52. The molecular formula is C16H22ClNO3. The van der Waals surface area contributed by atoms with Gasteiger partial charge in [-0.1, -0.05) is 11.6 Å². The van der Waals surface area contributed by atoms with Crippen molar-refractivity contribution in [3.63, 3.8) is 0 Å². The zero-order chi connectivity index (χ0) is 15.6. The quantitative estimate of drug-likeness (QED) is 0.780. The van der Waals surface area contributed by atoms with E-state index in [0.717, 1.165) is 17.7 Å². The van der Waals surface area contributed by atoms with Crippen molar-refractivity contribution < 1.29 is 14.3 Å². The number of fused-ring (bicyclic) bond motifs is 1. The number of hydrogen-bond donors (Lipinski definition) is 0. The van der Waals surface area contributed by atoms with Crippen molar-refractivity contribution in [1.29, 1.82) is 0 Å². The first-order valence-electron chi connectivity index (χ1n) is 7.25. The minimum Gasteiger partial charge on any atom is -0.476 e. The van der Waals surface area contributed by atoms with Gasteiger partial charge in [0.25, 0.3) is 5.91 Å². The Bertz CT molecular complexity index is 543. The van der Waals surface area contributed by atoms with E-state index < -0.39 is 5.60 Å². The topological polar surface area (TPSA) is 38.8 Å². The van der Waals surface area contributed by atoms with Gasteiger partial charge in [-0.25, -0.2) is 0 Å². The molecule has 1 aliphatic rings. The second kappa shape index (κ2) is 6.24. The standard InChI is InChI=1S/C16H22ClNO3/c1-5-20-8-6-7-18-13-9-11(2)12(17)10-14(13)21-16(3,4)15(18)19/h9-10H,5-8H2,1-4H3. The molecule has 1 aromatic carbocycles. The average Bonchev–Trinajstić information content (AvgIpc) is 2.41. The number of benzene rings is 1. The van der Waals surface area contributed by atoms with Crippen molar-refractivity contribution in [2.75, 3.05) is 24.7 Å². The molecule has 116 valence electrons. The van der Waals surface area contributed by atoms with E-state index in [9.17, 15) is 4.79 Å². The molecule has 0 radical (unpaired) electrons. The minimum atomic E-state index is -0.878. The van der Waals surface area contributed by atoms with Crippen molar-refractivity contribution >= 4 is 23.2 Å². The van der Waals surface area contributed by atoms with E-state index in [0.29, 0.717) is 30.5 Å². The summed E-state index contributed by atoms with van der Waals surface area (Å²) in [7, 11) is 0. The fourth-order valence-electron chi connectivity index (χ4n) is 2.38. The van der Waals surface area contributed by atoms with E-state index in [4.69, 9.17) is 21.1 Å². The molecule has 1 amide bonds. The Kier molecular flexibility index (Phi) is 4.79. The van der Waals surface area contributed by atoms with Crippen LogP contribution in [0, 0.1) is 6.92 Å². The highest BCUT2D eigenvalue weighted by Crippen LogP contribution is 2.40. The summed E-state index contributed by atoms with van der Waals surface area (Å²) < 4.78 is 11.2. The molecule has 4 nitrogen and oxygen atoms in total. The first-order chi connectivity index (χ1) is 9.86. The smallest absolute Gasteiger partial charge is 0.270 e. The number of hydrogen-bond acceptors (Lipinski definition) is 3. The van der Waals surface area contributed by atoms with Crippen LogP contribution >= 0.6 is 11.6 Å². The van der Waals surface area contributed by atoms with Gasteiger partial charge >= 0.3 is 0 Å². The zero-order valence-electron chi connectivity index (χ0n) is 13.0. The van der Waals surface area contributed by atoms with Gasteiger partial charge in [0.15, 0.2) is 5.60 Å². The van der Waals surface area contributed by atoms with Crippen LogP contribution in [-0.4, -0.2) is 31.3 Å². The normalized spacial score (nSPS) is 16.6. The Labute approximate surface area is 131 Å². The summed E-state index contributed by atoms with van der Waals surface area (Å²) in [6.07, 6.45) is 0.788. The van der Waals surface area contributed by atoms with Crippen molar-refractivity contribution in [3.05, 3.63) is 22.7 Å². The van der Waals surface area contributed by atoms with Crippen LogP contribution in [0.15, 0.2) is 12.1 Å². The fourth-order valence-corrected chi connectivity index (χ4v) is 2.54. The van der Waals surface area contributed by atoms with Gasteiger partial charge in [-0.15, -0.1) is 0 Å². The van der Waals surface area contributed by atoms with Crippen LogP contribution in [0.2, 0.25) is 5.02 Å². The van der Waals surface area contributed by atoms with Crippen molar-refractivity contribution in [2.45, 2.75) is 39.7 Å². The second-order valence-corrected chi connectivity index (χ2v) is 6.10. The van der Waals surface area contributed by atoms with Crippen molar-refractivity contribution in [3.8, 4) is 5.75 Å². The van der Waals surface area contributed by atoms with Gasteiger partial charge in [0, 0.05) is 30.8 Å². The van der Waals surface area contributed by atoms with E-state index >= 15 is 0 Å². The summed E-state index contributed by atoms with van der Waals surface area (Å²) in [5, 5.41) is 0.646. The summed E-state index contributed by atoms with van der Waals surface area (Å²) >= 11 is 6.16. The monoisotopic (exact) mass is 311 g/mol. The average molecular weight is 312 g/mol. The number of amides is 1. The highest BCUT2D eigenvalue weighted by Gasteiger charge is 2.40. The van der Waals surface area contributed by atoms with E-state index in [-0.39, 0.29) is 5.91 Å². The summed E-state index contributed by atoms with van der Waals surface area (Å²) in [4.78, 5) is 14.4. The third-order valence-corrected chi connectivity index (χ3v) is 3.94. The molecule has 0 bridgehead atoms. The number of ether oxygens (including phenoxy) is 2. The van der Waals surface area contributed by atoms with Crippen LogP contribution in [0.4, 0.5) is 5.69 Å². The predicted molar refractivity (Wildman–Crippen MR) is 84.4 cm³/mol. The molecule has 5 heteroatoms. The molecule has 0 unspecified atom stereocenters. The largest absolute Gasteiger partial charge is 0.476 e. The lowest BCUT2D eigenvalue weighted by atomic mass is 10.0. The molecule has 0 fully saturated rings.